The Morgan fingerprint density at radius 3 is 2.57 bits per heavy atom. The van der Waals surface area contributed by atoms with E-state index in [2.05, 4.69) is 19.7 Å². The molecule has 1 saturated heterocycles. The number of rotatable bonds is 6. The van der Waals surface area contributed by atoms with E-state index in [-0.39, 0.29) is 30.1 Å². The molecule has 1 aliphatic rings. The predicted molar refractivity (Wildman–Crippen MR) is 99.7 cm³/mol. The molecule has 14 heteroatoms. The summed E-state index contributed by atoms with van der Waals surface area (Å²) in [5, 5.41) is 46.3. The summed E-state index contributed by atoms with van der Waals surface area (Å²) in [7, 11) is 0. The van der Waals surface area contributed by atoms with Gasteiger partial charge in [-0.2, -0.15) is 4.98 Å². The molecule has 0 saturated carbocycles. The maximum Gasteiger partial charge on any atom is 0.341 e. The Morgan fingerprint density at radius 1 is 1.37 bits per heavy atom. The summed E-state index contributed by atoms with van der Waals surface area (Å²) < 4.78 is 11.0. The summed E-state index contributed by atoms with van der Waals surface area (Å²) >= 11 is 0. The number of carbonyl (C=O) groups is 1. The van der Waals surface area contributed by atoms with Gasteiger partial charge in [-0.15, -0.1) is 0 Å². The average molecular weight is 431 g/mol. The Morgan fingerprint density at radius 2 is 2.03 bits per heavy atom. The van der Waals surface area contributed by atoms with Gasteiger partial charge >= 0.3 is 5.97 Å². The van der Waals surface area contributed by atoms with Crippen LogP contribution in [0.15, 0.2) is 11.1 Å². The molecule has 3 heterocycles. The van der Waals surface area contributed by atoms with E-state index in [1.165, 1.54) is 17.8 Å². The number of Topliss-reactive ketones (excluding diaryl/α,β-unsaturated/α-hetero) is 1. The Kier molecular flexibility index (Phi) is 7.59. The van der Waals surface area contributed by atoms with Gasteiger partial charge in [0.15, 0.2) is 17.4 Å². The number of ether oxygens (including phenoxy) is 2. The van der Waals surface area contributed by atoms with E-state index < -0.39 is 48.5 Å². The summed E-state index contributed by atoms with van der Waals surface area (Å²) in [6.07, 6.45) is -3.17. The van der Waals surface area contributed by atoms with Crippen LogP contribution in [0.1, 0.15) is 26.5 Å². The largest absolute Gasteiger partial charge is 0.394 e. The second-order valence-corrected chi connectivity index (χ2v) is 6.32. The molecule has 2 aromatic rings. The number of nitrogen functional groups attached to an aromatic ring is 1. The van der Waals surface area contributed by atoms with Gasteiger partial charge in [0.05, 0.1) is 19.5 Å². The van der Waals surface area contributed by atoms with Crippen LogP contribution in [-0.2, 0) is 14.3 Å². The van der Waals surface area contributed by atoms with Crippen molar-refractivity contribution in [2.45, 2.75) is 50.8 Å². The number of fused-ring (bicyclic) bond motifs is 1. The van der Waals surface area contributed by atoms with E-state index in [1.807, 2.05) is 0 Å². The third-order valence-corrected chi connectivity index (χ3v) is 4.27. The van der Waals surface area contributed by atoms with Crippen LogP contribution in [0.25, 0.3) is 11.2 Å². The SMILES string of the molecule is CCOC(O)(O)C(=O)CC.Nc1nc2c(ncn2[C@@H]2O[C@H](CO)[C@@H](O)[C@H]2O)c(=O)[nH]1. The van der Waals surface area contributed by atoms with Crippen LogP contribution in [0.4, 0.5) is 5.95 Å². The molecule has 0 unspecified atom stereocenters. The van der Waals surface area contributed by atoms with Crippen molar-refractivity contribution in [3.05, 3.63) is 16.7 Å². The van der Waals surface area contributed by atoms with Crippen molar-refractivity contribution >= 4 is 22.9 Å². The number of aliphatic hydroxyl groups is 5. The van der Waals surface area contributed by atoms with Gasteiger partial charge in [-0.05, 0) is 6.92 Å². The van der Waals surface area contributed by atoms with Crippen molar-refractivity contribution in [3.8, 4) is 0 Å². The Balaban J connectivity index is 0.000000274. The maximum atomic E-state index is 11.7. The fraction of sp³-hybridized carbons (Fsp3) is 0.625. The number of hydrogen-bond acceptors (Lipinski definition) is 12. The maximum absolute atomic E-state index is 11.7. The molecule has 0 bridgehead atoms. The number of aliphatic hydroxyl groups excluding tert-OH is 3. The van der Waals surface area contributed by atoms with Crippen molar-refractivity contribution in [2.75, 3.05) is 18.9 Å². The van der Waals surface area contributed by atoms with Gasteiger partial charge in [0.1, 0.15) is 18.3 Å². The lowest BCUT2D eigenvalue weighted by atomic mass is 10.1. The van der Waals surface area contributed by atoms with Gasteiger partial charge in [0, 0.05) is 6.42 Å². The van der Waals surface area contributed by atoms with E-state index in [4.69, 9.17) is 25.8 Å². The van der Waals surface area contributed by atoms with Crippen molar-refractivity contribution < 1.29 is 39.8 Å². The Hall–Kier alpha value is -2.46. The number of carbonyl (C=O) groups excluding carboxylic acids is 1. The lowest BCUT2D eigenvalue weighted by molar-refractivity contribution is -0.309. The van der Waals surface area contributed by atoms with Crippen LogP contribution in [0.2, 0.25) is 0 Å². The number of aromatic nitrogens is 4. The summed E-state index contributed by atoms with van der Waals surface area (Å²) in [4.78, 5) is 32.4. The molecule has 4 atom stereocenters. The number of imidazole rings is 1. The molecule has 168 valence electrons. The number of nitrogens with two attached hydrogens (primary N) is 1. The van der Waals surface area contributed by atoms with E-state index in [1.54, 1.807) is 6.92 Å². The van der Waals surface area contributed by atoms with Gasteiger partial charge in [-0.3, -0.25) is 19.1 Å². The zero-order chi connectivity index (χ0) is 22.6. The summed E-state index contributed by atoms with van der Waals surface area (Å²) in [6.45, 7) is 2.75. The molecule has 0 aromatic carbocycles. The van der Waals surface area contributed by atoms with Crippen LogP contribution < -0.4 is 11.3 Å². The lowest BCUT2D eigenvalue weighted by Crippen LogP contribution is -2.40. The minimum atomic E-state index is -2.58. The van der Waals surface area contributed by atoms with Crippen LogP contribution >= 0.6 is 0 Å². The van der Waals surface area contributed by atoms with Crippen LogP contribution in [-0.4, -0.2) is 88.3 Å². The van der Waals surface area contributed by atoms with Crippen LogP contribution in [0.3, 0.4) is 0 Å². The van der Waals surface area contributed by atoms with Crippen molar-refractivity contribution in [1.82, 2.24) is 19.5 Å². The third-order valence-electron chi connectivity index (χ3n) is 4.27. The fourth-order valence-electron chi connectivity index (χ4n) is 2.75. The summed E-state index contributed by atoms with van der Waals surface area (Å²) in [6, 6.07) is 0. The minimum Gasteiger partial charge on any atom is -0.394 e. The monoisotopic (exact) mass is 431 g/mol. The molecule has 0 amide bonds. The molecule has 0 spiro atoms. The highest BCUT2D eigenvalue weighted by atomic mass is 16.8. The molecular weight excluding hydrogens is 406 g/mol. The zero-order valence-corrected chi connectivity index (χ0v) is 16.3. The topological polar surface area (TPSA) is 226 Å². The molecule has 0 radical (unpaired) electrons. The highest BCUT2D eigenvalue weighted by Gasteiger charge is 2.44. The highest BCUT2D eigenvalue weighted by molar-refractivity contribution is 5.83. The normalized spacial score (nSPS) is 24.0. The lowest BCUT2D eigenvalue weighted by Gasteiger charge is -2.17. The quantitative estimate of drug-likeness (QED) is 0.226. The zero-order valence-electron chi connectivity index (χ0n) is 16.3. The van der Waals surface area contributed by atoms with E-state index in [9.17, 15) is 19.8 Å². The number of H-pyrrole nitrogens is 1. The molecule has 1 fully saturated rings. The number of nitrogens with zero attached hydrogens (tertiary/aromatic N) is 3. The van der Waals surface area contributed by atoms with Gasteiger partial charge in [0.2, 0.25) is 11.7 Å². The summed E-state index contributed by atoms with van der Waals surface area (Å²) in [5.74, 6) is -3.41. The molecule has 1 aliphatic heterocycles. The fourth-order valence-corrected chi connectivity index (χ4v) is 2.75. The van der Waals surface area contributed by atoms with Crippen molar-refractivity contribution in [1.29, 1.82) is 0 Å². The third kappa shape index (κ3) is 4.81. The number of aromatic amines is 1. The summed E-state index contributed by atoms with van der Waals surface area (Å²) in [5.41, 5.74) is 5.12. The molecule has 3 rings (SSSR count). The number of ketones is 1. The second kappa shape index (κ2) is 9.57. The molecule has 30 heavy (non-hydrogen) atoms. The number of anilines is 1. The molecule has 2 aromatic heterocycles. The predicted octanol–water partition coefficient (Wildman–Crippen LogP) is -3.05. The van der Waals surface area contributed by atoms with Crippen molar-refractivity contribution in [2.24, 2.45) is 0 Å². The van der Waals surface area contributed by atoms with Gasteiger partial charge in [0.25, 0.3) is 5.56 Å². The van der Waals surface area contributed by atoms with Gasteiger partial charge in [-0.25, -0.2) is 4.98 Å². The second-order valence-electron chi connectivity index (χ2n) is 6.32. The van der Waals surface area contributed by atoms with Gasteiger partial charge in [-0.1, -0.05) is 6.92 Å². The average Bonchev–Trinajstić information content (AvgIpc) is 3.23. The van der Waals surface area contributed by atoms with E-state index in [0.717, 1.165) is 0 Å². The molecular formula is C16H25N5O9. The standard InChI is InChI=1S/C10H13N5O5.C6H12O4/c11-10-13-7-4(8(19)14-10)12-2-15(7)9-6(18)5(17)3(1-16)20-9;1-3-5(7)6(8,9)10-4-2/h2-3,5-6,9,16-18H,1H2,(H3,11,13,14,19);8-9H,3-4H2,1-2H3/t3-,5-,6-,9-;/m1./s1. The molecule has 14 nitrogen and oxygen atoms in total. The van der Waals surface area contributed by atoms with Gasteiger partial charge < -0.3 is 40.7 Å². The van der Waals surface area contributed by atoms with Crippen molar-refractivity contribution in [3.63, 3.8) is 0 Å². The Bertz CT molecular complexity index is 927. The first kappa shape index (κ1) is 23.8. The first-order chi connectivity index (χ1) is 14.1. The first-order valence-electron chi connectivity index (χ1n) is 9.04. The number of nitrogens with one attached hydrogen (secondary N) is 1. The number of hydrogen-bond donors (Lipinski definition) is 7. The van der Waals surface area contributed by atoms with Crippen LogP contribution in [0, 0.1) is 0 Å². The smallest absolute Gasteiger partial charge is 0.341 e. The molecule has 8 N–H and O–H groups in total. The van der Waals surface area contributed by atoms with E-state index in [0.29, 0.717) is 0 Å². The van der Waals surface area contributed by atoms with Crippen LogP contribution in [0.5, 0.6) is 0 Å². The van der Waals surface area contributed by atoms with E-state index >= 15 is 0 Å². The first-order valence-corrected chi connectivity index (χ1v) is 9.04. The molecule has 0 aliphatic carbocycles. The Labute approximate surface area is 169 Å². The minimum absolute atomic E-state index is 0.0388. The highest BCUT2D eigenvalue weighted by Crippen LogP contribution is 2.30.